The average Bonchev–Trinajstić information content (AvgIpc) is 2.98. The zero-order valence-corrected chi connectivity index (χ0v) is 17.2. The fourth-order valence-corrected chi connectivity index (χ4v) is 7.27. The van der Waals surface area contributed by atoms with Crippen molar-refractivity contribution in [2.45, 2.75) is 23.6 Å². The van der Waals surface area contributed by atoms with Crippen molar-refractivity contribution < 1.29 is 21.9 Å². The van der Waals surface area contributed by atoms with Gasteiger partial charge in [0.2, 0.25) is 10.0 Å². The van der Waals surface area contributed by atoms with Crippen molar-refractivity contribution in [2.24, 2.45) is 0 Å². The van der Waals surface area contributed by atoms with Crippen LogP contribution in [0.3, 0.4) is 0 Å². The molecule has 3 aromatic rings. The third-order valence-electron chi connectivity index (χ3n) is 5.17. The highest BCUT2D eigenvalue weighted by Crippen LogP contribution is 2.29. The molecule has 1 aliphatic heterocycles. The molecular weight excluding hydrogens is 410 g/mol. The Labute approximate surface area is 170 Å². The van der Waals surface area contributed by atoms with Crippen molar-refractivity contribution in [3.8, 4) is 0 Å². The Kier molecular flexibility index (Phi) is 5.20. The Balaban J connectivity index is 1.80. The summed E-state index contributed by atoms with van der Waals surface area (Å²) in [6.45, 7) is -0.0206. The molecule has 0 saturated carbocycles. The van der Waals surface area contributed by atoms with Gasteiger partial charge in [0.1, 0.15) is 0 Å². The highest BCUT2D eigenvalue weighted by molar-refractivity contribution is 7.92. The smallest absolute Gasteiger partial charge is 0.243 e. The normalized spacial score (nSPS) is 21.6. The molecule has 1 heterocycles. The number of fused-ring (bicyclic) bond motifs is 1. The second-order valence-corrected chi connectivity index (χ2v) is 11.3. The van der Waals surface area contributed by atoms with Crippen LogP contribution in [0.15, 0.2) is 77.7 Å². The third-order valence-corrected chi connectivity index (χ3v) is 8.74. The quantitative estimate of drug-likeness (QED) is 0.669. The van der Waals surface area contributed by atoms with Crippen LogP contribution in [-0.4, -0.2) is 49.9 Å². The molecule has 1 aliphatic rings. The summed E-state index contributed by atoms with van der Waals surface area (Å²) in [7, 11) is -7.56. The van der Waals surface area contributed by atoms with Crippen LogP contribution in [0.25, 0.3) is 10.8 Å². The molecule has 1 saturated heterocycles. The Bertz CT molecular complexity index is 1240. The van der Waals surface area contributed by atoms with Gasteiger partial charge in [0.25, 0.3) is 0 Å². The second-order valence-electron chi connectivity index (χ2n) is 7.26. The average molecular weight is 432 g/mol. The van der Waals surface area contributed by atoms with Crippen LogP contribution >= 0.6 is 0 Å². The first-order chi connectivity index (χ1) is 13.8. The lowest BCUT2D eigenvalue weighted by Gasteiger charge is -2.29. The molecule has 3 aromatic carbocycles. The standard InChI is InChI=1S/C21H21NO5S2/c23-21-15-28(24,25)14-20(21)22(13-16-6-2-1-3-7-16)29(26,27)19-11-10-17-8-4-5-9-18(17)12-19/h1-12,20-21,23H,13-15H2/t20-,21+/m1/s1. The van der Waals surface area contributed by atoms with E-state index in [-0.39, 0.29) is 11.4 Å². The minimum absolute atomic E-state index is 0.0206. The Hall–Kier alpha value is -2.26. The van der Waals surface area contributed by atoms with E-state index < -0.39 is 43.5 Å². The van der Waals surface area contributed by atoms with E-state index in [0.717, 1.165) is 15.1 Å². The molecule has 1 N–H and O–H groups in total. The molecule has 0 aliphatic carbocycles. The molecule has 2 atom stereocenters. The van der Waals surface area contributed by atoms with Gasteiger partial charge in [-0.25, -0.2) is 16.8 Å². The lowest BCUT2D eigenvalue weighted by Crippen LogP contribution is -2.46. The molecule has 29 heavy (non-hydrogen) atoms. The monoisotopic (exact) mass is 431 g/mol. The van der Waals surface area contributed by atoms with E-state index >= 15 is 0 Å². The topological polar surface area (TPSA) is 91.8 Å². The predicted octanol–water partition coefficient (Wildman–Crippen LogP) is 2.19. The van der Waals surface area contributed by atoms with Crippen molar-refractivity contribution >= 4 is 30.6 Å². The molecule has 0 bridgehead atoms. The zero-order valence-electron chi connectivity index (χ0n) is 15.5. The third kappa shape index (κ3) is 4.06. The molecule has 0 radical (unpaired) electrons. The fourth-order valence-electron chi connectivity index (χ4n) is 3.69. The number of aliphatic hydroxyl groups excluding tert-OH is 1. The van der Waals surface area contributed by atoms with Crippen LogP contribution < -0.4 is 0 Å². The van der Waals surface area contributed by atoms with Gasteiger partial charge in [-0.2, -0.15) is 4.31 Å². The molecule has 0 aromatic heterocycles. The lowest BCUT2D eigenvalue weighted by atomic mass is 10.1. The first-order valence-electron chi connectivity index (χ1n) is 9.19. The van der Waals surface area contributed by atoms with Gasteiger partial charge in [0, 0.05) is 6.54 Å². The number of hydrogen-bond donors (Lipinski definition) is 1. The molecule has 8 heteroatoms. The number of hydrogen-bond acceptors (Lipinski definition) is 5. The Morgan fingerprint density at radius 2 is 1.55 bits per heavy atom. The maximum Gasteiger partial charge on any atom is 0.243 e. The number of benzene rings is 3. The van der Waals surface area contributed by atoms with Crippen molar-refractivity contribution in [1.82, 2.24) is 4.31 Å². The van der Waals surface area contributed by atoms with E-state index in [2.05, 4.69) is 0 Å². The number of sulfonamides is 1. The van der Waals surface area contributed by atoms with Gasteiger partial charge in [-0.1, -0.05) is 60.7 Å². The summed E-state index contributed by atoms with van der Waals surface area (Å²) < 4.78 is 52.3. The number of aliphatic hydroxyl groups is 1. The SMILES string of the molecule is O=S1(=O)C[C@@H](N(Cc2ccccc2)S(=O)(=O)c2ccc3ccccc3c2)[C@@H](O)C1. The molecule has 6 nitrogen and oxygen atoms in total. The van der Waals surface area contributed by atoms with Crippen molar-refractivity contribution in [3.63, 3.8) is 0 Å². The number of rotatable bonds is 5. The van der Waals surface area contributed by atoms with Crippen molar-refractivity contribution in [2.75, 3.05) is 11.5 Å². The van der Waals surface area contributed by atoms with Crippen LogP contribution in [0.4, 0.5) is 0 Å². The van der Waals surface area contributed by atoms with Crippen LogP contribution in [0, 0.1) is 0 Å². The second kappa shape index (κ2) is 7.53. The molecule has 4 rings (SSSR count). The number of nitrogens with zero attached hydrogens (tertiary/aromatic N) is 1. The van der Waals surface area contributed by atoms with Crippen LogP contribution in [0.5, 0.6) is 0 Å². The minimum Gasteiger partial charge on any atom is -0.390 e. The molecule has 0 unspecified atom stereocenters. The summed E-state index contributed by atoms with van der Waals surface area (Å²) in [5.74, 6) is -0.829. The summed E-state index contributed by atoms with van der Waals surface area (Å²) in [6.07, 6.45) is -1.26. The van der Waals surface area contributed by atoms with Crippen LogP contribution in [0.1, 0.15) is 5.56 Å². The van der Waals surface area contributed by atoms with Gasteiger partial charge in [0.05, 0.1) is 28.5 Å². The van der Waals surface area contributed by atoms with Crippen molar-refractivity contribution in [3.05, 3.63) is 78.4 Å². The van der Waals surface area contributed by atoms with Gasteiger partial charge >= 0.3 is 0 Å². The van der Waals surface area contributed by atoms with E-state index in [4.69, 9.17) is 0 Å². The maximum atomic E-state index is 13.5. The van der Waals surface area contributed by atoms with Gasteiger partial charge in [-0.15, -0.1) is 0 Å². The van der Waals surface area contributed by atoms with E-state index in [1.807, 2.05) is 30.3 Å². The summed E-state index contributed by atoms with van der Waals surface area (Å²) in [6, 6.07) is 20.2. The zero-order chi connectivity index (χ0) is 20.6. The number of sulfone groups is 1. The summed E-state index contributed by atoms with van der Waals surface area (Å²) in [5.41, 5.74) is 0.716. The van der Waals surface area contributed by atoms with E-state index in [1.54, 1.807) is 36.4 Å². The summed E-state index contributed by atoms with van der Waals surface area (Å²) in [5, 5.41) is 12.0. The van der Waals surface area contributed by atoms with Crippen molar-refractivity contribution in [1.29, 1.82) is 0 Å². The summed E-state index contributed by atoms with van der Waals surface area (Å²) >= 11 is 0. The Morgan fingerprint density at radius 1 is 0.897 bits per heavy atom. The van der Waals surface area contributed by atoms with Crippen LogP contribution in [0.2, 0.25) is 0 Å². The first-order valence-corrected chi connectivity index (χ1v) is 12.5. The molecule has 1 fully saturated rings. The lowest BCUT2D eigenvalue weighted by molar-refractivity contribution is 0.125. The summed E-state index contributed by atoms with van der Waals surface area (Å²) in [4.78, 5) is 0.0728. The van der Waals surface area contributed by atoms with E-state index in [9.17, 15) is 21.9 Å². The van der Waals surface area contributed by atoms with E-state index in [0.29, 0.717) is 5.56 Å². The predicted molar refractivity (Wildman–Crippen MR) is 112 cm³/mol. The highest BCUT2D eigenvalue weighted by atomic mass is 32.2. The largest absolute Gasteiger partial charge is 0.390 e. The van der Waals surface area contributed by atoms with Gasteiger partial charge in [-0.05, 0) is 28.5 Å². The van der Waals surface area contributed by atoms with Crippen LogP contribution in [-0.2, 0) is 26.4 Å². The van der Waals surface area contributed by atoms with E-state index in [1.165, 1.54) is 6.07 Å². The van der Waals surface area contributed by atoms with Gasteiger partial charge in [0.15, 0.2) is 9.84 Å². The molecule has 152 valence electrons. The maximum absolute atomic E-state index is 13.5. The molecular formula is C21H21NO5S2. The first kappa shape index (κ1) is 20.0. The van der Waals surface area contributed by atoms with Gasteiger partial charge < -0.3 is 5.11 Å². The fraction of sp³-hybridized carbons (Fsp3) is 0.238. The molecule has 0 amide bonds. The molecule has 0 spiro atoms. The van der Waals surface area contributed by atoms with Gasteiger partial charge in [-0.3, -0.25) is 0 Å². The Morgan fingerprint density at radius 3 is 2.21 bits per heavy atom. The minimum atomic E-state index is -4.05. The highest BCUT2D eigenvalue weighted by Gasteiger charge is 2.44.